The summed E-state index contributed by atoms with van der Waals surface area (Å²) in [5.74, 6) is 0.810. The van der Waals surface area contributed by atoms with Gasteiger partial charge in [-0.05, 0) is 56.7 Å². The summed E-state index contributed by atoms with van der Waals surface area (Å²) in [4.78, 5) is 16.6. The van der Waals surface area contributed by atoms with Crippen LogP contribution in [0.2, 0.25) is 0 Å². The van der Waals surface area contributed by atoms with Gasteiger partial charge in [-0.3, -0.25) is 9.79 Å². The van der Waals surface area contributed by atoms with E-state index in [2.05, 4.69) is 34.1 Å². The van der Waals surface area contributed by atoms with Gasteiger partial charge in [-0.15, -0.1) is 24.0 Å². The molecule has 0 saturated heterocycles. The molecule has 2 atom stereocenters. The Kier molecular flexibility index (Phi) is 11.6. The quantitative estimate of drug-likeness (QED) is 0.198. The van der Waals surface area contributed by atoms with Crippen molar-refractivity contribution >= 4 is 47.6 Å². The molecule has 0 radical (unpaired) electrons. The highest BCUT2D eigenvalue weighted by Crippen LogP contribution is 2.26. The maximum Gasteiger partial charge on any atom is 0.251 e. The van der Waals surface area contributed by atoms with Gasteiger partial charge in [0.05, 0.1) is 6.54 Å². The molecule has 6 nitrogen and oxygen atoms in total. The minimum absolute atomic E-state index is 0. The number of phenols is 1. The summed E-state index contributed by atoms with van der Waals surface area (Å²) in [5.41, 5.74) is 0.530. The van der Waals surface area contributed by atoms with Gasteiger partial charge in [-0.2, -0.15) is 11.8 Å². The average Bonchev–Trinajstić information content (AvgIpc) is 2.66. The molecule has 2 rings (SSSR count). The molecule has 1 fully saturated rings. The van der Waals surface area contributed by atoms with E-state index in [0.29, 0.717) is 24.7 Å². The Labute approximate surface area is 183 Å². The van der Waals surface area contributed by atoms with Crippen LogP contribution in [0.1, 0.15) is 43.0 Å². The number of carbonyl (C=O) groups excluding carboxylic acids is 1. The van der Waals surface area contributed by atoms with Crippen molar-refractivity contribution in [1.29, 1.82) is 0 Å². The Balaban J connectivity index is 0.00000364. The first kappa shape index (κ1) is 23.9. The van der Waals surface area contributed by atoms with Crippen LogP contribution in [-0.4, -0.2) is 54.2 Å². The molecule has 1 aromatic rings. The van der Waals surface area contributed by atoms with Crippen LogP contribution in [0.4, 0.5) is 0 Å². The van der Waals surface area contributed by atoms with Gasteiger partial charge < -0.3 is 21.1 Å². The number of rotatable bonds is 7. The van der Waals surface area contributed by atoms with Gasteiger partial charge in [0.1, 0.15) is 5.75 Å². The van der Waals surface area contributed by atoms with Crippen LogP contribution in [0.15, 0.2) is 29.3 Å². The number of halogens is 1. The van der Waals surface area contributed by atoms with E-state index in [-0.39, 0.29) is 35.6 Å². The molecule has 0 heterocycles. The van der Waals surface area contributed by atoms with E-state index in [1.165, 1.54) is 37.8 Å². The fourth-order valence-corrected chi connectivity index (χ4v) is 3.88. The van der Waals surface area contributed by atoms with E-state index >= 15 is 0 Å². The lowest BCUT2D eigenvalue weighted by molar-refractivity contribution is 0.0955. The fraction of sp³-hybridized carbons (Fsp3) is 0.579. The van der Waals surface area contributed by atoms with Crippen LogP contribution in [0.3, 0.4) is 0 Å². The van der Waals surface area contributed by atoms with E-state index in [0.717, 1.165) is 17.8 Å². The SMILES string of the molecule is CCNC(=NCCNC(=O)c1ccc(O)cc1)NC1CCCC(SC)C1.I. The molecule has 4 N–H and O–H groups in total. The molecule has 0 aliphatic heterocycles. The number of benzene rings is 1. The Bertz CT molecular complexity index is 598. The van der Waals surface area contributed by atoms with Crippen molar-refractivity contribution in [2.45, 2.75) is 43.9 Å². The number of thioether (sulfide) groups is 1. The standard InChI is InChI=1S/C19H30N4O2S.HI/c1-3-20-19(23-15-5-4-6-17(13-15)26-2)22-12-11-21-18(25)14-7-9-16(24)10-8-14;/h7-10,15,17,24H,3-6,11-13H2,1-2H3,(H,21,25)(H2,20,22,23);1H. The number of nitrogens with one attached hydrogen (secondary N) is 3. The van der Waals surface area contributed by atoms with Crippen LogP contribution in [0.25, 0.3) is 0 Å². The van der Waals surface area contributed by atoms with Gasteiger partial charge in [-0.25, -0.2) is 0 Å². The molecule has 1 aliphatic rings. The highest BCUT2D eigenvalue weighted by atomic mass is 127. The van der Waals surface area contributed by atoms with Crippen molar-refractivity contribution in [1.82, 2.24) is 16.0 Å². The number of hydrogen-bond acceptors (Lipinski definition) is 4. The molecular formula is C19H31IN4O2S. The smallest absolute Gasteiger partial charge is 0.251 e. The molecular weight excluding hydrogens is 475 g/mol. The first-order chi connectivity index (χ1) is 12.6. The van der Waals surface area contributed by atoms with Gasteiger partial charge in [0.2, 0.25) is 0 Å². The number of amides is 1. The highest BCUT2D eigenvalue weighted by molar-refractivity contribution is 14.0. The third-order valence-corrected chi connectivity index (χ3v) is 5.54. The first-order valence-electron chi connectivity index (χ1n) is 9.27. The van der Waals surface area contributed by atoms with E-state index in [1.54, 1.807) is 12.1 Å². The Hall–Kier alpha value is -1.16. The topological polar surface area (TPSA) is 85.8 Å². The van der Waals surface area contributed by atoms with Gasteiger partial charge in [0.15, 0.2) is 5.96 Å². The van der Waals surface area contributed by atoms with Gasteiger partial charge >= 0.3 is 0 Å². The molecule has 27 heavy (non-hydrogen) atoms. The maximum absolute atomic E-state index is 12.0. The molecule has 1 aliphatic carbocycles. The van der Waals surface area contributed by atoms with Crippen molar-refractivity contribution in [2.24, 2.45) is 4.99 Å². The van der Waals surface area contributed by atoms with Crippen LogP contribution in [0, 0.1) is 0 Å². The third-order valence-electron chi connectivity index (χ3n) is 4.44. The Morgan fingerprint density at radius 2 is 2.00 bits per heavy atom. The van der Waals surface area contributed by atoms with Gasteiger partial charge in [-0.1, -0.05) is 6.42 Å². The number of carbonyl (C=O) groups is 1. The normalized spacial score (nSPS) is 19.7. The summed E-state index contributed by atoms with van der Waals surface area (Å²) in [5, 5.41) is 19.7. The zero-order chi connectivity index (χ0) is 18.8. The van der Waals surface area contributed by atoms with Gasteiger partial charge in [0.25, 0.3) is 5.91 Å². The summed E-state index contributed by atoms with van der Waals surface area (Å²) in [6, 6.07) is 6.68. The van der Waals surface area contributed by atoms with Crippen molar-refractivity contribution in [2.75, 3.05) is 25.9 Å². The van der Waals surface area contributed by atoms with Crippen molar-refractivity contribution in [3.63, 3.8) is 0 Å². The molecule has 152 valence electrons. The lowest BCUT2D eigenvalue weighted by Crippen LogP contribution is -2.46. The van der Waals surface area contributed by atoms with Crippen LogP contribution < -0.4 is 16.0 Å². The van der Waals surface area contributed by atoms with Gasteiger partial charge in [0, 0.05) is 29.9 Å². The average molecular weight is 506 g/mol. The second-order valence-electron chi connectivity index (χ2n) is 6.43. The number of phenolic OH excluding ortho intramolecular Hbond substituents is 1. The molecule has 8 heteroatoms. The summed E-state index contributed by atoms with van der Waals surface area (Å²) >= 11 is 1.95. The maximum atomic E-state index is 12.0. The predicted octanol–water partition coefficient (Wildman–Crippen LogP) is 2.97. The summed E-state index contributed by atoms with van der Waals surface area (Å²) in [7, 11) is 0. The number of hydrogen-bond donors (Lipinski definition) is 4. The molecule has 1 amide bonds. The summed E-state index contributed by atoms with van der Waals surface area (Å²) < 4.78 is 0. The zero-order valence-electron chi connectivity index (χ0n) is 16.0. The number of aromatic hydroxyl groups is 1. The second kappa shape index (κ2) is 13.1. The number of guanidine groups is 1. The Morgan fingerprint density at radius 3 is 2.67 bits per heavy atom. The molecule has 2 unspecified atom stereocenters. The van der Waals surface area contributed by atoms with Crippen LogP contribution in [-0.2, 0) is 0 Å². The van der Waals surface area contributed by atoms with Crippen LogP contribution in [0.5, 0.6) is 5.75 Å². The molecule has 1 aromatic carbocycles. The van der Waals surface area contributed by atoms with Crippen molar-refractivity contribution in [3.8, 4) is 5.75 Å². The summed E-state index contributed by atoms with van der Waals surface area (Å²) in [6.07, 6.45) is 7.09. The lowest BCUT2D eigenvalue weighted by atomic mass is 9.95. The van der Waals surface area contributed by atoms with Crippen molar-refractivity contribution < 1.29 is 9.90 Å². The molecule has 0 aromatic heterocycles. The fourth-order valence-electron chi connectivity index (χ4n) is 3.06. The van der Waals surface area contributed by atoms with Crippen molar-refractivity contribution in [3.05, 3.63) is 29.8 Å². The molecule has 0 bridgehead atoms. The number of aliphatic imine (C=N–C) groups is 1. The minimum Gasteiger partial charge on any atom is -0.508 e. The number of nitrogens with zero attached hydrogens (tertiary/aromatic N) is 1. The van der Waals surface area contributed by atoms with Crippen LogP contribution >= 0.6 is 35.7 Å². The second-order valence-corrected chi connectivity index (χ2v) is 7.57. The predicted molar refractivity (Wildman–Crippen MR) is 125 cm³/mol. The zero-order valence-corrected chi connectivity index (χ0v) is 19.2. The summed E-state index contributed by atoms with van der Waals surface area (Å²) in [6.45, 7) is 3.84. The largest absolute Gasteiger partial charge is 0.508 e. The minimum atomic E-state index is -0.159. The highest BCUT2D eigenvalue weighted by Gasteiger charge is 2.21. The molecule has 1 saturated carbocycles. The lowest BCUT2D eigenvalue weighted by Gasteiger charge is -2.29. The molecule has 0 spiro atoms. The third kappa shape index (κ3) is 8.59. The Morgan fingerprint density at radius 1 is 1.26 bits per heavy atom. The van der Waals surface area contributed by atoms with E-state index in [1.807, 2.05) is 11.8 Å². The monoisotopic (exact) mass is 506 g/mol. The van der Waals surface area contributed by atoms with E-state index in [9.17, 15) is 9.90 Å². The first-order valence-corrected chi connectivity index (χ1v) is 10.6. The van der Waals surface area contributed by atoms with E-state index in [4.69, 9.17) is 0 Å². The van der Waals surface area contributed by atoms with E-state index < -0.39 is 0 Å².